The molecule has 0 fully saturated rings. The zero-order valence-corrected chi connectivity index (χ0v) is 13.4. The Labute approximate surface area is 124 Å². The summed E-state index contributed by atoms with van der Waals surface area (Å²) in [6, 6.07) is 1.68. The summed E-state index contributed by atoms with van der Waals surface area (Å²) in [6.45, 7) is 6.36. The van der Waals surface area contributed by atoms with Gasteiger partial charge in [-0.15, -0.1) is 24.0 Å². The van der Waals surface area contributed by atoms with Gasteiger partial charge in [-0.25, -0.2) is 9.98 Å². The number of nitrogens with two attached hydrogens (primary N) is 1. The first kappa shape index (κ1) is 16.9. The van der Waals surface area contributed by atoms with Crippen molar-refractivity contribution >= 4 is 29.9 Å². The number of aromatic nitrogens is 2. The highest BCUT2D eigenvalue weighted by molar-refractivity contribution is 14.0. The monoisotopic (exact) mass is 365 g/mol. The molecule has 102 valence electrons. The molecule has 0 amide bonds. The highest BCUT2D eigenvalue weighted by Gasteiger charge is 2.09. The van der Waals surface area contributed by atoms with Crippen LogP contribution in [0.3, 0.4) is 0 Å². The van der Waals surface area contributed by atoms with Crippen molar-refractivity contribution in [1.29, 1.82) is 0 Å². The number of aliphatic imine (C=N–C) groups is 1. The molecule has 0 bridgehead atoms. The molecule has 18 heavy (non-hydrogen) atoms. The van der Waals surface area contributed by atoms with Crippen LogP contribution in [0.4, 0.5) is 0 Å². The summed E-state index contributed by atoms with van der Waals surface area (Å²) in [6.07, 6.45) is 1.63. The Morgan fingerprint density at radius 2 is 2.17 bits per heavy atom. The van der Waals surface area contributed by atoms with Gasteiger partial charge in [-0.1, -0.05) is 0 Å². The Hall–Kier alpha value is -1.12. The second-order valence-electron chi connectivity index (χ2n) is 4.59. The summed E-state index contributed by atoms with van der Waals surface area (Å²) in [4.78, 5) is 12.4. The molecule has 1 aromatic rings. The van der Waals surface area contributed by atoms with Crippen molar-refractivity contribution in [3.05, 3.63) is 18.1 Å². The average Bonchev–Trinajstić information content (AvgIpc) is 2.24. The van der Waals surface area contributed by atoms with E-state index in [4.69, 9.17) is 10.5 Å². The summed E-state index contributed by atoms with van der Waals surface area (Å²) in [5.74, 6) is 1.47. The van der Waals surface area contributed by atoms with E-state index in [1.807, 2.05) is 20.8 Å². The van der Waals surface area contributed by atoms with Gasteiger partial charge in [-0.2, -0.15) is 4.98 Å². The molecular weight excluding hydrogens is 345 g/mol. The molecule has 0 radical (unpaired) electrons. The van der Waals surface area contributed by atoms with Crippen LogP contribution < -0.4 is 15.8 Å². The molecule has 0 atom stereocenters. The lowest BCUT2D eigenvalue weighted by atomic mass is 10.1. The first-order valence-corrected chi connectivity index (χ1v) is 5.35. The number of ether oxygens (including phenoxy) is 1. The highest BCUT2D eigenvalue weighted by atomic mass is 127. The Balaban J connectivity index is 0.00000289. The molecule has 3 N–H and O–H groups in total. The standard InChI is InChI=1S/C11H19N5O.HI/c1-11(2,3)16-10(12)14-7-8-13-6-5-9(15-8)17-4;/h5-6H,7H2,1-4H3,(H3,12,14,16);1H. The Morgan fingerprint density at radius 3 is 2.72 bits per heavy atom. The molecule has 0 spiro atoms. The van der Waals surface area contributed by atoms with E-state index >= 15 is 0 Å². The predicted octanol–water partition coefficient (Wildman–Crippen LogP) is 1.31. The first-order valence-electron chi connectivity index (χ1n) is 5.35. The third-order valence-corrected chi connectivity index (χ3v) is 1.78. The summed E-state index contributed by atoms with van der Waals surface area (Å²) in [5.41, 5.74) is 5.62. The van der Waals surface area contributed by atoms with Crippen molar-refractivity contribution in [3.8, 4) is 5.88 Å². The van der Waals surface area contributed by atoms with Crippen LogP contribution in [0.1, 0.15) is 26.6 Å². The van der Waals surface area contributed by atoms with Gasteiger partial charge in [0.2, 0.25) is 5.88 Å². The number of hydrogen-bond acceptors (Lipinski definition) is 4. The second kappa shape index (κ2) is 7.34. The second-order valence-corrected chi connectivity index (χ2v) is 4.59. The molecule has 0 aromatic carbocycles. The van der Waals surface area contributed by atoms with Gasteiger partial charge < -0.3 is 15.8 Å². The fourth-order valence-corrected chi connectivity index (χ4v) is 1.15. The third-order valence-electron chi connectivity index (χ3n) is 1.78. The van der Waals surface area contributed by atoms with Crippen LogP contribution in [-0.4, -0.2) is 28.6 Å². The van der Waals surface area contributed by atoms with Gasteiger partial charge in [-0.05, 0) is 20.8 Å². The summed E-state index contributed by atoms with van der Waals surface area (Å²) in [7, 11) is 1.56. The first-order chi connectivity index (χ1) is 7.90. The minimum absolute atomic E-state index is 0. The number of halogens is 1. The van der Waals surface area contributed by atoms with Crippen molar-refractivity contribution < 1.29 is 4.74 Å². The maximum absolute atomic E-state index is 5.73. The van der Waals surface area contributed by atoms with Crippen LogP contribution in [0.25, 0.3) is 0 Å². The highest BCUT2D eigenvalue weighted by Crippen LogP contribution is 2.04. The number of guanidine groups is 1. The minimum atomic E-state index is -0.108. The van der Waals surface area contributed by atoms with Gasteiger partial charge in [0, 0.05) is 17.8 Å². The number of nitrogens with one attached hydrogen (secondary N) is 1. The van der Waals surface area contributed by atoms with E-state index in [2.05, 4.69) is 20.3 Å². The van der Waals surface area contributed by atoms with Gasteiger partial charge in [-0.3, -0.25) is 0 Å². The van der Waals surface area contributed by atoms with Crippen LogP contribution in [0.15, 0.2) is 17.3 Å². The van der Waals surface area contributed by atoms with E-state index in [0.717, 1.165) is 0 Å². The van der Waals surface area contributed by atoms with Gasteiger partial charge in [0.25, 0.3) is 0 Å². The molecule has 0 unspecified atom stereocenters. The topological polar surface area (TPSA) is 85.4 Å². The van der Waals surface area contributed by atoms with Gasteiger partial charge in [0.05, 0.1) is 7.11 Å². The van der Waals surface area contributed by atoms with Crippen molar-refractivity contribution in [2.45, 2.75) is 32.9 Å². The van der Waals surface area contributed by atoms with Crippen LogP contribution >= 0.6 is 24.0 Å². The van der Waals surface area contributed by atoms with Gasteiger partial charge in [0.15, 0.2) is 11.8 Å². The normalized spacial score (nSPS) is 11.7. The van der Waals surface area contributed by atoms with E-state index in [9.17, 15) is 0 Å². The Kier molecular flexibility index (Phi) is 6.89. The molecule has 0 aliphatic carbocycles. The lowest BCUT2D eigenvalue weighted by Gasteiger charge is -2.20. The number of nitrogens with zero attached hydrogens (tertiary/aromatic N) is 3. The maximum Gasteiger partial charge on any atom is 0.216 e. The molecule has 0 saturated heterocycles. The lowest BCUT2D eigenvalue weighted by Crippen LogP contribution is -2.45. The fraction of sp³-hybridized carbons (Fsp3) is 0.545. The van der Waals surface area contributed by atoms with Crippen LogP contribution in [-0.2, 0) is 6.54 Å². The number of hydrogen-bond donors (Lipinski definition) is 2. The third kappa shape index (κ3) is 6.58. The van der Waals surface area contributed by atoms with E-state index in [0.29, 0.717) is 24.2 Å². The molecule has 1 rings (SSSR count). The molecule has 0 aliphatic heterocycles. The number of rotatable bonds is 3. The van der Waals surface area contributed by atoms with Crippen LogP contribution in [0.2, 0.25) is 0 Å². The van der Waals surface area contributed by atoms with E-state index in [1.165, 1.54) is 0 Å². The van der Waals surface area contributed by atoms with Crippen molar-refractivity contribution in [1.82, 2.24) is 15.3 Å². The van der Waals surface area contributed by atoms with E-state index in [1.54, 1.807) is 19.4 Å². The summed E-state index contributed by atoms with van der Waals surface area (Å²) >= 11 is 0. The molecule has 1 heterocycles. The van der Waals surface area contributed by atoms with E-state index in [-0.39, 0.29) is 29.5 Å². The van der Waals surface area contributed by atoms with Gasteiger partial charge >= 0.3 is 0 Å². The zero-order chi connectivity index (χ0) is 12.9. The zero-order valence-electron chi connectivity index (χ0n) is 11.1. The molecule has 6 nitrogen and oxygen atoms in total. The molecule has 7 heteroatoms. The Bertz CT molecular complexity index is 403. The Morgan fingerprint density at radius 1 is 1.50 bits per heavy atom. The van der Waals surface area contributed by atoms with Crippen LogP contribution in [0, 0.1) is 0 Å². The molecule has 0 saturated carbocycles. The predicted molar refractivity (Wildman–Crippen MR) is 82.2 cm³/mol. The molecule has 0 aliphatic rings. The lowest BCUT2D eigenvalue weighted by molar-refractivity contribution is 0.394. The smallest absolute Gasteiger partial charge is 0.216 e. The quantitative estimate of drug-likeness (QED) is 0.479. The number of methoxy groups -OCH3 is 1. The van der Waals surface area contributed by atoms with Crippen molar-refractivity contribution in [3.63, 3.8) is 0 Å². The minimum Gasteiger partial charge on any atom is -0.481 e. The average molecular weight is 365 g/mol. The van der Waals surface area contributed by atoms with Crippen molar-refractivity contribution in [2.24, 2.45) is 10.7 Å². The summed E-state index contributed by atoms with van der Waals surface area (Å²) in [5, 5.41) is 3.06. The van der Waals surface area contributed by atoms with Crippen molar-refractivity contribution in [2.75, 3.05) is 7.11 Å². The molecule has 1 aromatic heterocycles. The molecular formula is C11H20IN5O. The SMILES string of the molecule is COc1ccnc(CN=C(N)NC(C)(C)C)n1.I. The van der Waals surface area contributed by atoms with E-state index < -0.39 is 0 Å². The largest absolute Gasteiger partial charge is 0.481 e. The van der Waals surface area contributed by atoms with Crippen LogP contribution in [0.5, 0.6) is 5.88 Å². The fourth-order valence-electron chi connectivity index (χ4n) is 1.15. The van der Waals surface area contributed by atoms with Gasteiger partial charge in [0.1, 0.15) is 6.54 Å². The maximum atomic E-state index is 5.73. The summed E-state index contributed by atoms with van der Waals surface area (Å²) < 4.78 is 5.00.